The highest BCUT2D eigenvalue weighted by Crippen LogP contribution is 2.25. The number of hydrogen-bond acceptors (Lipinski definition) is 6. The van der Waals surface area contributed by atoms with Crippen LogP contribution in [-0.2, 0) is 14.4 Å². The number of fused-ring (bicyclic) bond motifs is 1. The van der Waals surface area contributed by atoms with E-state index in [2.05, 4.69) is 10.3 Å². The van der Waals surface area contributed by atoms with Crippen LogP contribution in [0.15, 0.2) is 36.4 Å². The number of benzene rings is 1. The molecule has 7 nitrogen and oxygen atoms in total. The third kappa shape index (κ3) is 4.74. The van der Waals surface area contributed by atoms with Crippen molar-refractivity contribution < 1.29 is 19.5 Å². The largest absolute Gasteiger partial charge is 0.478 e. The molecule has 1 aliphatic rings. The number of carbonyl (C=O) groups is 3. The molecule has 1 amide bonds. The Morgan fingerprint density at radius 1 is 1.23 bits per heavy atom. The average molecular weight is 373 g/mol. The van der Waals surface area contributed by atoms with Crippen molar-refractivity contribution in [2.45, 2.75) is 12.8 Å². The zero-order valence-electron chi connectivity index (χ0n) is 14.1. The Labute approximate surface area is 154 Å². The molecule has 0 unspecified atom stereocenters. The van der Waals surface area contributed by atoms with Gasteiger partial charge in [-0.05, 0) is 44.1 Å². The van der Waals surface area contributed by atoms with Gasteiger partial charge in [-0.2, -0.15) is 0 Å². The molecule has 26 heavy (non-hydrogen) atoms. The van der Waals surface area contributed by atoms with E-state index in [9.17, 15) is 14.4 Å². The molecule has 0 bridgehead atoms. The van der Waals surface area contributed by atoms with Crippen molar-refractivity contribution in [2.75, 3.05) is 25.0 Å². The Kier molecular flexibility index (Phi) is 5.75. The normalized spacial score (nSPS) is 16.2. The lowest BCUT2D eigenvalue weighted by atomic mass is 9.92. The van der Waals surface area contributed by atoms with E-state index in [4.69, 9.17) is 5.11 Å². The molecular weight excluding hydrogens is 354 g/mol. The number of anilines is 1. The number of para-hydroxylation sites is 1. The van der Waals surface area contributed by atoms with Crippen LogP contribution >= 0.6 is 11.3 Å². The number of carboxylic acids is 1. The lowest BCUT2D eigenvalue weighted by molar-refractivity contribution is -0.132. The summed E-state index contributed by atoms with van der Waals surface area (Å²) in [4.78, 5) is 41.0. The van der Waals surface area contributed by atoms with Crippen LogP contribution in [0.2, 0.25) is 0 Å². The molecule has 3 rings (SSSR count). The zero-order chi connectivity index (χ0) is 18.5. The van der Waals surface area contributed by atoms with E-state index in [0.29, 0.717) is 31.1 Å². The zero-order valence-corrected chi connectivity index (χ0v) is 14.9. The SMILES string of the molecule is O=C(O)C=CC(=O)C1CCN(CC(=O)Nc2nc3ccccc3s2)CC1. The van der Waals surface area contributed by atoms with Gasteiger partial charge in [0.15, 0.2) is 10.9 Å². The lowest BCUT2D eigenvalue weighted by Crippen LogP contribution is -2.40. The highest BCUT2D eigenvalue weighted by atomic mass is 32.1. The number of nitrogens with zero attached hydrogens (tertiary/aromatic N) is 2. The Bertz CT molecular complexity index is 820. The van der Waals surface area contributed by atoms with Gasteiger partial charge in [0.25, 0.3) is 0 Å². The predicted molar refractivity (Wildman–Crippen MR) is 99.2 cm³/mol. The first-order valence-corrected chi connectivity index (χ1v) is 9.15. The molecule has 0 aliphatic carbocycles. The molecule has 1 aromatic carbocycles. The molecule has 0 spiro atoms. The fourth-order valence-corrected chi connectivity index (χ4v) is 3.83. The Morgan fingerprint density at radius 2 is 1.96 bits per heavy atom. The van der Waals surface area contributed by atoms with Gasteiger partial charge in [-0.15, -0.1) is 0 Å². The molecule has 0 saturated carbocycles. The van der Waals surface area contributed by atoms with Crippen LogP contribution in [0, 0.1) is 5.92 Å². The van der Waals surface area contributed by atoms with Crippen LogP contribution in [0.3, 0.4) is 0 Å². The van der Waals surface area contributed by atoms with E-state index in [1.54, 1.807) is 0 Å². The van der Waals surface area contributed by atoms with Gasteiger partial charge in [0.1, 0.15) is 0 Å². The minimum atomic E-state index is -1.12. The summed E-state index contributed by atoms with van der Waals surface area (Å²) in [6, 6.07) is 7.71. The Balaban J connectivity index is 1.47. The van der Waals surface area contributed by atoms with Crippen LogP contribution in [0.1, 0.15) is 12.8 Å². The molecule has 2 heterocycles. The summed E-state index contributed by atoms with van der Waals surface area (Å²) in [6.45, 7) is 1.51. The first-order valence-electron chi connectivity index (χ1n) is 8.34. The van der Waals surface area contributed by atoms with Crippen LogP contribution in [0.25, 0.3) is 10.2 Å². The molecule has 2 aromatic rings. The number of rotatable bonds is 6. The number of carbonyl (C=O) groups excluding carboxylic acids is 2. The van der Waals surface area contributed by atoms with E-state index in [1.807, 2.05) is 29.2 Å². The van der Waals surface area contributed by atoms with Crippen LogP contribution in [-0.4, -0.2) is 52.3 Å². The van der Waals surface area contributed by atoms with Crippen LogP contribution < -0.4 is 5.32 Å². The third-order valence-corrected chi connectivity index (χ3v) is 5.24. The first-order chi connectivity index (χ1) is 12.5. The van der Waals surface area contributed by atoms with Gasteiger partial charge in [-0.1, -0.05) is 23.5 Å². The number of aromatic nitrogens is 1. The van der Waals surface area contributed by atoms with Gasteiger partial charge < -0.3 is 10.4 Å². The van der Waals surface area contributed by atoms with Gasteiger partial charge in [0.2, 0.25) is 5.91 Å². The molecule has 136 valence electrons. The maximum atomic E-state index is 12.2. The van der Waals surface area contributed by atoms with Crippen molar-refractivity contribution in [2.24, 2.45) is 5.92 Å². The fourth-order valence-electron chi connectivity index (χ4n) is 2.95. The first kappa shape index (κ1) is 18.2. The molecule has 1 saturated heterocycles. The van der Waals surface area contributed by atoms with Crippen molar-refractivity contribution in [1.82, 2.24) is 9.88 Å². The van der Waals surface area contributed by atoms with Crippen molar-refractivity contribution in [3.63, 3.8) is 0 Å². The summed E-state index contributed by atoms with van der Waals surface area (Å²) in [6.07, 6.45) is 3.25. The highest BCUT2D eigenvalue weighted by molar-refractivity contribution is 7.22. The van der Waals surface area contributed by atoms with Gasteiger partial charge in [-0.3, -0.25) is 14.5 Å². The van der Waals surface area contributed by atoms with Crippen LogP contribution in [0.5, 0.6) is 0 Å². The topological polar surface area (TPSA) is 99.6 Å². The van der Waals surface area contributed by atoms with E-state index in [0.717, 1.165) is 22.4 Å². The summed E-state index contributed by atoms with van der Waals surface area (Å²) < 4.78 is 1.02. The standard InChI is InChI=1S/C18H19N3O4S/c22-14(5-6-17(24)25)12-7-9-21(10-8-12)11-16(23)20-18-19-13-3-1-2-4-15(13)26-18/h1-6,12H,7-11H2,(H,24,25)(H,19,20,23). The van der Waals surface area contributed by atoms with Crippen LogP contribution in [0.4, 0.5) is 5.13 Å². The number of ketones is 1. The minimum Gasteiger partial charge on any atom is -0.478 e. The summed E-state index contributed by atoms with van der Waals surface area (Å²) in [7, 11) is 0. The molecule has 0 atom stereocenters. The summed E-state index contributed by atoms with van der Waals surface area (Å²) in [5.74, 6) is -1.58. The van der Waals surface area contributed by atoms with Crippen molar-refractivity contribution >= 4 is 44.3 Å². The maximum Gasteiger partial charge on any atom is 0.328 e. The quantitative estimate of drug-likeness (QED) is 0.753. The molecule has 1 aliphatic heterocycles. The second kappa shape index (κ2) is 8.20. The summed E-state index contributed by atoms with van der Waals surface area (Å²) in [5.41, 5.74) is 0.863. The Morgan fingerprint density at radius 3 is 2.65 bits per heavy atom. The monoisotopic (exact) mass is 373 g/mol. The number of carboxylic acid groups (broad SMARTS) is 1. The number of thiazole rings is 1. The van der Waals surface area contributed by atoms with Gasteiger partial charge >= 0.3 is 5.97 Å². The average Bonchev–Trinajstić information content (AvgIpc) is 3.02. The number of allylic oxidation sites excluding steroid dienone is 1. The minimum absolute atomic E-state index is 0.125. The van der Waals surface area contributed by atoms with Crippen molar-refractivity contribution in [3.05, 3.63) is 36.4 Å². The lowest BCUT2D eigenvalue weighted by Gasteiger charge is -2.30. The number of amides is 1. The highest BCUT2D eigenvalue weighted by Gasteiger charge is 2.24. The second-order valence-corrected chi connectivity index (χ2v) is 7.19. The van der Waals surface area contributed by atoms with Gasteiger partial charge in [-0.25, -0.2) is 9.78 Å². The van der Waals surface area contributed by atoms with Crippen molar-refractivity contribution in [3.8, 4) is 0 Å². The summed E-state index contributed by atoms with van der Waals surface area (Å²) in [5, 5.41) is 12.0. The number of hydrogen-bond donors (Lipinski definition) is 2. The molecule has 8 heteroatoms. The fraction of sp³-hybridized carbons (Fsp3) is 0.333. The van der Waals surface area contributed by atoms with Gasteiger partial charge in [0, 0.05) is 12.0 Å². The van der Waals surface area contributed by atoms with Gasteiger partial charge in [0.05, 0.1) is 16.8 Å². The van der Waals surface area contributed by atoms with E-state index in [1.165, 1.54) is 11.3 Å². The Hall–Kier alpha value is -2.58. The van der Waals surface area contributed by atoms with E-state index >= 15 is 0 Å². The van der Waals surface area contributed by atoms with E-state index in [-0.39, 0.29) is 24.2 Å². The maximum absolute atomic E-state index is 12.2. The number of piperidine rings is 1. The number of aliphatic carboxylic acids is 1. The van der Waals surface area contributed by atoms with E-state index < -0.39 is 5.97 Å². The smallest absolute Gasteiger partial charge is 0.328 e. The number of likely N-dealkylation sites (tertiary alicyclic amines) is 1. The van der Waals surface area contributed by atoms with Crippen molar-refractivity contribution in [1.29, 1.82) is 0 Å². The molecule has 1 aromatic heterocycles. The predicted octanol–water partition coefficient (Wildman–Crippen LogP) is 2.16. The summed E-state index contributed by atoms with van der Waals surface area (Å²) >= 11 is 1.44. The molecule has 0 radical (unpaired) electrons. The molecular formula is C18H19N3O4S. The third-order valence-electron chi connectivity index (χ3n) is 4.29. The second-order valence-electron chi connectivity index (χ2n) is 6.16. The molecule has 2 N–H and O–H groups in total. The number of nitrogens with one attached hydrogen (secondary N) is 1. The molecule has 1 fully saturated rings.